The summed E-state index contributed by atoms with van der Waals surface area (Å²) in [6.45, 7) is 13.8. The zero-order valence-corrected chi connectivity index (χ0v) is 38.0. The zero-order chi connectivity index (χ0) is 46.1. The van der Waals surface area contributed by atoms with Crippen LogP contribution in [0, 0.1) is 17.8 Å². The number of nitrogens with zero attached hydrogens (tertiary/aromatic N) is 4. The number of alkyl carbamates (subject to hydrolysis) is 1. The Morgan fingerprint density at radius 3 is 2.37 bits per heavy atom. The molecule has 6 aromatic rings. The number of benzene rings is 4. The highest BCUT2D eigenvalue weighted by Gasteiger charge is 2.41. The lowest BCUT2D eigenvalue weighted by atomic mass is 9.92. The van der Waals surface area contributed by atoms with Crippen LogP contribution in [0.15, 0.2) is 79.0 Å². The van der Waals surface area contributed by atoms with E-state index in [2.05, 4.69) is 78.6 Å². The summed E-state index contributed by atoms with van der Waals surface area (Å²) in [5.41, 5.74) is 7.03. The van der Waals surface area contributed by atoms with Gasteiger partial charge in [-0.1, -0.05) is 90.1 Å². The maximum atomic E-state index is 13.9. The molecule has 0 spiro atoms. The molecule has 0 bridgehead atoms. The van der Waals surface area contributed by atoms with Crippen molar-refractivity contribution in [2.24, 2.45) is 17.8 Å². The van der Waals surface area contributed by atoms with Gasteiger partial charge in [0.1, 0.15) is 36.1 Å². The number of hydrogen-bond donors (Lipinski definition) is 5. The molecule has 2 fully saturated rings. The van der Waals surface area contributed by atoms with Crippen molar-refractivity contribution in [3.8, 4) is 28.1 Å². The summed E-state index contributed by atoms with van der Waals surface area (Å²) >= 11 is 0. The lowest BCUT2D eigenvalue weighted by Gasteiger charge is -2.30. The lowest BCUT2D eigenvalue weighted by Crippen LogP contribution is -2.51. The van der Waals surface area contributed by atoms with Crippen molar-refractivity contribution in [2.45, 2.75) is 91.6 Å². The van der Waals surface area contributed by atoms with E-state index in [9.17, 15) is 24.3 Å². The molecule has 0 radical (unpaired) electrons. The van der Waals surface area contributed by atoms with Gasteiger partial charge in [0, 0.05) is 24.0 Å². The smallest absolute Gasteiger partial charge is 0.407 e. The summed E-state index contributed by atoms with van der Waals surface area (Å²) < 4.78 is 11.2. The minimum Gasteiger partial charge on any atom is -0.488 e. The fourth-order valence-corrected chi connectivity index (χ4v) is 9.25. The number of methoxy groups -OCH3 is 1. The van der Waals surface area contributed by atoms with Crippen molar-refractivity contribution in [3.63, 3.8) is 0 Å². The molecule has 0 unspecified atom stereocenters. The second-order valence-electron chi connectivity index (χ2n) is 18.4. The summed E-state index contributed by atoms with van der Waals surface area (Å²) in [5.74, 6) is 2.59. The van der Waals surface area contributed by atoms with Crippen LogP contribution in [0.25, 0.3) is 44.2 Å². The number of likely N-dealkylation sites (tertiary alicyclic amines) is 2. The van der Waals surface area contributed by atoms with Gasteiger partial charge < -0.3 is 45.0 Å². The molecule has 2 aromatic heterocycles. The topological polar surface area (TPSA) is 195 Å². The van der Waals surface area contributed by atoms with Crippen molar-refractivity contribution in [3.05, 3.63) is 102 Å². The van der Waals surface area contributed by atoms with E-state index in [0.29, 0.717) is 43.3 Å². The fourth-order valence-electron chi connectivity index (χ4n) is 9.25. The molecule has 0 aliphatic carbocycles. The second kappa shape index (κ2) is 18.7. The zero-order valence-electron chi connectivity index (χ0n) is 38.0. The first-order valence-corrected chi connectivity index (χ1v) is 22.5. The van der Waals surface area contributed by atoms with Crippen molar-refractivity contribution >= 4 is 45.8 Å². The van der Waals surface area contributed by atoms with Crippen LogP contribution in [0.1, 0.15) is 102 Å². The average Bonchev–Trinajstić information content (AvgIpc) is 4.12. The molecule has 15 heteroatoms. The molecular weight excluding hydrogens is 825 g/mol. The normalized spacial score (nSPS) is 18.7. The maximum absolute atomic E-state index is 13.9. The Balaban J connectivity index is 0.00000138. The number of imidazole rings is 2. The standard InChI is InChI=1S/C46H48N8O7.C4H10/c1-24(2)38(52-46(59)60-4)43(55)54-22-25(3)17-36(54)42-48-33-15-13-27-19-32-30-14-12-28(18-29(30)23-61-37(32)20-31(27)40(33)50-42)34-21-47-41(49-34)35-11-8-16-53(35)44(56)39(51-45(57)58)26-9-6-5-7-10-26;1-4(2)3/h5-7,9-10,12-15,18-21,24-25,35-36,38-39,51H,8,11,16-17,22-23H2,1-4H3,(H,47,49)(H,48,50)(H,52,59)(H,57,58);4H,1-3H3/t25-,35-,36-,38-,39+;/m0./s1. The maximum Gasteiger partial charge on any atom is 0.407 e. The number of amides is 4. The Hall–Kier alpha value is -6.90. The van der Waals surface area contributed by atoms with Gasteiger partial charge in [-0.3, -0.25) is 9.59 Å². The van der Waals surface area contributed by atoms with E-state index in [-0.39, 0.29) is 35.7 Å². The van der Waals surface area contributed by atoms with Gasteiger partial charge in [0.2, 0.25) is 5.91 Å². The highest BCUT2D eigenvalue weighted by Crippen LogP contribution is 2.44. The summed E-state index contributed by atoms with van der Waals surface area (Å²) in [5, 5.41) is 16.6. The van der Waals surface area contributed by atoms with Crippen LogP contribution >= 0.6 is 0 Å². The first-order valence-electron chi connectivity index (χ1n) is 22.5. The molecule has 4 amide bonds. The third kappa shape index (κ3) is 9.22. The van der Waals surface area contributed by atoms with Gasteiger partial charge in [-0.15, -0.1) is 0 Å². The van der Waals surface area contributed by atoms with Crippen LogP contribution in [0.3, 0.4) is 0 Å². The fraction of sp³-hybridized carbons (Fsp3) is 0.400. The van der Waals surface area contributed by atoms with Gasteiger partial charge in [-0.2, -0.15) is 0 Å². The molecule has 65 heavy (non-hydrogen) atoms. The number of rotatable bonds is 9. The van der Waals surface area contributed by atoms with Gasteiger partial charge in [-0.05, 0) is 88.9 Å². The Morgan fingerprint density at radius 2 is 1.65 bits per heavy atom. The summed E-state index contributed by atoms with van der Waals surface area (Å²) in [7, 11) is 1.29. The van der Waals surface area contributed by atoms with Gasteiger partial charge in [0.05, 0.1) is 42.1 Å². The minimum absolute atomic E-state index is 0.137. The number of hydrogen-bond acceptors (Lipinski definition) is 8. The van der Waals surface area contributed by atoms with Gasteiger partial charge >= 0.3 is 12.2 Å². The van der Waals surface area contributed by atoms with Crippen molar-refractivity contribution in [1.82, 2.24) is 40.4 Å². The third-order valence-electron chi connectivity index (χ3n) is 12.3. The molecule has 9 rings (SSSR count). The van der Waals surface area contributed by atoms with E-state index < -0.39 is 24.3 Å². The molecule has 15 nitrogen and oxygen atoms in total. The second-order valence-corrected chi connectivity index (χ2v) is 18.4. The number of ether oxygens (including phenoxy) is 2. The number of carbonyl (C=O) groups is 4. The quantitative estimate of drug-likeness (QED) is 0.0941. The Morgan fingerprint density at radius 1 is 0.877 bits per heavy atom. The van der Waals surface area contributed by atoms with E-state index >= 15 is 0 Å². The Labute approximate surface area is 378 Å². The molecule has 340 valence electrons. The van der Waals surface area contributed by atoms with Gasteiger partial charge in [0.15, 0.2) is 0 Å². The first kappa shape index (κ1) is 44.7. The van der Waals surface area contributed by atoms with E-state index in [1.165, 1.54) is 7.11 Å². The predicted molar refractivity (Wildman–Crippen MR) is 248 cm³/mol. The molecule has 5 N–H and O–H groups in total. The third-order valence-corrected chi connectivity index (χ3v) is 12.3. The highest BCUT2D eigenvalue weighted by atomic mass is 16.5. The number of carbonyl (C=O) groups excluding carboxylic acids is 3. The number of nitrogens with one attached hydrogen (secondary N) is 4. The van der Waals surface area contributed by atoms with Crippen LogP contribution < -0.4 is 15.4 Å². The number of H-pyrrole nitrogens is 2. The molecule has 4 aromatic carbocycles. The Kier molecular flexibility index (Phi) is 12.8. The van der Waals surface area contributed by atoms with Crippen molar-refractivity contribution in [2.75, 3.05) is 20.2 Å². The highest BCUT2D eigenvalue weighted by molar-refractivity contribution is 6.07. The number of fused-ring (bicyclic) bond motifs is 6. The molecule has 0 saturated carbocycles. The van der Waals surface area contributed by atoms with Crippen LogP contribution in [-0.2, 0) is 20.9 Å². The van der Waals surface area contributed by atoms with Crippen LogP contribution in [0.2, 0.25) is 0 Å². The summed E-state index contributed by atoms with van der Waals surface area (Å²) in [6, 6.07) is 21.1. The lowest BCUT2D eigenvalue weighted by molar-refractivity contribution is -0.136. The Bertz CT molecular complexity index is 2730. The number of aromatic nitrogens is 4. The van der Waals surface area contributed by atoms with E-state index in [1.54, 1.807) is 35.4 Å². The molecule has 2 saturated heterocycles. The monoisotopic (exact) mass is 882 g/mol. The molecule has 3 aliphatic rings. The summed E-state index contributed by atoms with van der Waals surface area (Å²) in [6.07, 6.45) is 2.09. The molecular formula is C50H58N8O7. The van der Waals surface area contributed by atoms with Crippen LogP contribution in [0.5, 0.6) is 5.75 Å². The average molecular weight is 883 g/mol. The predicted octanol–water partition coefficient (Wildman–Crippen LogP) is 9.29. The number of carboxylic acid groups (broad SMARTS) is 1. The van der Waals surface area contributed by atoms with E-state index in [1.807, 2.05) is 36.9 Å². The van der Waals surface area contributed by atoms with Crippen molar-refractivity contribution in [1.29, 1.82) is 0 Å². The minimum atomic E-state index is -1.26. The first-order chi connectivity index (χ1) is 31.2. The van der Waals surface area contributed by atoms with E-state index in [0.717, 1.165) is 74.3 Å². The molecule has 3 aliphatic heterocycles. The van der Waals surface area contributed by atoms with Gasteiger partial charge in [-0.25, -0.2) is 19.6 Å². The molecule has 5 atom stereocenters. The van der Waals surface area contributed by atoms with Crippen molar-refractivity contribution < 1.29 is 33.8 Å². The number of aromatic amines is 2. The SMILES string of the molecule is CC(C)C.COC(=O)N[C@H](C(=O)N1C[C@@H](C)C[C@H]1c1nc2c(ccc3cc4c(cc32)OCc2cc(-c3cnc([C@@H]5CCCN5C(=O)[C@H](NC(=O)O)c5ccccc5)[nH]3)ccc2-4)[nH]1)C(C)C. The largest absolute Gasteiger partial charge is 0.488 e. The van der Waals surface area contributed by atoms with Crippen LogP contribution in [-0.4, -0.2) is 85.1 Å². The van der Waals surface area contributed by atoms with Crippen LogP contribution in [0.4, 0.5) is 9.59 Å². The van der Waals surface area contributed by atoms with Gasteiger partial charge in [0.25, 0.3) is 5.91 Å². The summed E-state index contributed by atoms with van der Waals surface area (Å²) in [4.78, 5) is 71.9. The molecule has 5 heterocycles. The van der Waals surface area contributed by atoms with E-state index in [4.69, 9.17) is 19.4 Å².